The summed E-state index contributed by atoms with van der Waals surface area (Å²) in [4.78, 5) is 3.47. The fraction of sp³-hybridized carbons (Fsp3) is 0.100. The van der Waals surface area contributed by atoms with Crippen LogP contribution in [-0.2, 0) is 6.18 Å². The Bertz CT molecular complexity index is 462. The highest BCUT2D eigenvalue weighted by Gasteiger charge is 2.32. The van der Waals surface area contributed by atoms with Gasteiger partial charge in [-0.1, -0.05) is 24.3 Å². The Morgan fingerprint density at radius 3 is 2.64 bits per heavy atom. The van der Waals surface area contributed by atoms with Crippen LogP contribution in [0.15, 0.2) is 30.3 Å². The Hall–Kier alpha value is -1.58. The SMILES string of the molecule is FC(F)(F)c1ccc2ccc[c]c2n1. The van der Waals surface area contributed by atoms with Crippen LogP contribution in [-0.4, -0.2) is 4.98 Å². The number of halogens is 3. The normalized spacial score (nSPS) is 11.9. The van der Waals surface area contributed by atoms with E-state index in [4.69, 9.17) is 0 Å². The lowest BCUT2D eigenvalue weighted by atomic mass is 10.2. The maximum absolute atomic E-state index is 12.2. The third kappa shape index (κ3) is 1.55. The molecular weight excluding hydrogens is 191 g/mol. The quantitative estimate of drug-likeness (QED) is 0.631. The van der Waals surface area contributed by atoms with Crippen LogP contribution in [0.2, 0.25) is 0 Å². The third-order valence-corrected chi connectivity index (χ3v) is 1.81. The monoisotopic (exact) mass is 196 g/mol. The van der Waals surface area contributed by atoms with Crippen LogP contribution >= 0.6 is 0 Å². The summed E-state index contributed by atoms with van der Waals surface area (Å²) >= 11 is 0. The van der Waals surface area contributed by atoms with Gasteiger partial charge in [0.15, 0.2) is 0 Å². The number of rotatable bonds is 0. The summed E-state index contributed by atoms with van der Waals surface area (Å²) in [5, 5.41) is 0.653. The second-order valence-electron chi connectivity index (χ2n) is 2.80. The third-order valence-electron chi connectivity index (χ3n) is 1.81. The van der Waals surface area contributed by atoms with Crippen molar-refractivity contribution in [1.29, 1.82) is 0 Å². The molecule has 4 heteroatoms. The van der Waals surface area contributed by atoms with Crippen molar-refractivity contribution >= 4 is 10.9 Å². The zero-order valence-corrected chi connectivity index (χ0v) is 6.97. The van der Waals surface area contributed by atoms with E-state index in [1.54, 1.807) is 12.1 Å². The van der Waals surface area contributed by atoms with Gasteiger partial charge in [0.2, 0.25) is 0 Å². The van der Waals surface area contributed by atoms with Crippen LogP contribution < -0.4 is 0 Å². The summed E-state index contributed by atoms with van der Waals surface area (Å²) in [5.41, 5.74) is -0.644. The molecule has 0 amide bonds. The molecule has 1 aromatic carbocycles. The maximum atomic E-state index is 12.2. The molecule has 0 atom stereocenters. The van der Waals surface area contributed by atoms with Crippen LogP contribution in [0.4, 0.5) is 13.2 Å². The van der Waals surface area contributed by atoms with Gasteiger partial charge in [0.25, 0.3) is 0 Å². The molecule has 0 spiro atoms. The van der Waals surface area contributed by atoms with Gasteiger partial charge in [0, 0.05) is 11.5 Å². The van der Waals surface area contributed by atoms with Gasteiger partial charge in [-0.3, -0.25) is 0 Å². The Morgan fingerprint density at radius 1 is 1.14 bits per heavy atom. The molecule has 2 rings (SSSR count). The lowest BCUT2D eigenvalue weighted by molar-refractivity contribution is -0.140. The predicted molar refractivity (Wildman–Crippen MR) is 45.6 cm³/mol. The Labute approximate surface area is 78.2 Å². The van der Waals surface area contributed by atoms with Crippen molar-refractivity contribution in [3.63, 3.8) is 0 Å². The molecule has 1 heterocycles. The van der Waals surface area contributed by atoms with Crippen LogP contribution in [0.25, 0.3) is 10.9 Å². The molecule has 14 heavy (non-hydrogen) atoms. The van der Waals surface area contributed by atoms with E-state index >= 15 is 0 Å². The van der Waals surface area contributed by atoms with Crippen molar-refractivity contribution < 1.29 is 13.2 Å². The lowest BCUT2D eigenvalue weighted by Gasteiger charge is -2.05. The van der Waals surface area contributed by atoms with E-state index in [-0.39, 0.29) is 5.52 Å². The molecule has 0 unspecified atom stereocenters. The summed E-state index contributed by atoms with van der Waals surface area (Å²) in [6.45, 7) is 0. The van der Waals surface area contributed by atoms with Crippen LogP contribution in [0.5, 0.6) is 0 Å². The van der Waals surface area contributed by atoms with Crippen molar-refractivity contribution in [1.82, 2.24) is 4.98 Å². The Morgan fingerprint density at radius 2 is 1.93 bits per heavy atom. The first-order valence-corrected chi connectivity index (χ1v) is 3.92. The fourth-order valence-electron chi connectivity index (χ4n) is 1.16. The molecule has 0 aliphatic heterocycles. The number of fused-ring (bicyclic) bond motifs is 1. The second kappa shape index (κ2) is 2.97. The highest BCUT2D eigenvalue weighted by atomic mass is 19.4. The van der Waals surface area contributed by atoms with E-state index in [2.05, 4.69) is 11.1 Å². The van der Waals surface area contributed by atoms with E-state index in [0.717, 1.165) is 6.07 Å². The first-order chi connectivity index (χ1) is 6.57. The van der Waals surface area contributed by atoms with E-state index in [1.165, 1.54) is 12.1 Å². The number of para-hydroxylation sites is 1. The number of hydrogen-bond acceptors (Lipinski definition) is 1. The van der Waals surface area contributed by atoms with Crippen molar-refractivity contribution in [2.75, 3.05) is 0 Å². The first kappa shape index (κ1) is 8.99. The van der Waals surface area contributed by atoms with Crippen molar-refractivity contribution in [3.8, 4) is 0 Å². The second-order valence-corrected chi connectivity index (χ2v) is 2.80. The lowest BCUT2D eigenvalue weighted by Crippen LogP contribution is -2.07. The van der Waals surface area contributed by atoms with Crippen molar-refractivity contribution in [2.24, 2.45) is 0 Å². The van der Waals surface area contributed by atoms with Gasteiger partial charge < -0.3 is 0 Å². The molecule has 0 aliphatic carbocycles. The van der Waals surface area contributed by atoms with Gasteiger partial charge in [-0.05, 0) is 6.07 Å². The van der Waals surface area contributed by atoms with E-state index in [0.29, 0.717) is 5.39 Å². The zero-order chi connectivity index (χ0) is 10.2. The summed E-state index contributed by atoms with van der Waals surface area (Å²) in [6.07, 6.45) is -4.39. The highest BCUT2D eigenvalue weighted by molar-refractivity contribution is 5.77. The average Bonchev–Trinajstić information content (AvgIpc) is 2.16. The first-order valence-electron chi connectivity index (χ1n) is 3.92. The summed E-state index contributed by atoms with van der Waals surface area (Å²) in [5.74, 6) is 0. The number of benzene rings is 1. The molecule has 0 fully saturated rings. The average molecular weight is 196 g/mol. The minimum absolute atomic E-state index is 0.238. The number of alkyl halides is 3. The molecule has 1 aromatic heterocycles. The van der Waals surface area contributed by atoms with Crippen molar-refractivity contribution in [3.05, 3.63) is 42.1 Å². The van der Waals surface area contributed by atoms with Crippen LogP contribution in [0.1, 0.15) is 5.69 Å². The Balaban J connectivity index is 2.63. The van der Waals surface area contributed by atoms with Gasteiger partial charge >= 0.3 is 6.18 Å². The Kier molecular flexibility index (Phi) is 1.91. The fourth-order valence-corrected chi connectivity index (χ4v) is 1.16. The van der Waals surface area contributed by atoms with Gasteiger partial charge in [-0.25, -0.2) is 4.98 Å². The van der Waals surface area contributed by atoms with E-state index in [9.17, 15) is 13.2 Å². The number of aromatic nitrogens is 1. The van der Waals surface area contributed by atoms with E-state index < -0.39 is 11.9 Å². The maximum Gasteiger partial charge on any atom is 0.433 e. The molecule has 0 aliphatic rings. The van der Waals surface area contributed by atoms with Crippen LogP contribution in [0.3, 0.4) is 0 Å². The van der Waals surface area contributed by atoms with Crippen molar-refractivity contribution in [2.45, 2.75) is 6.18 Å². The van der Waals surface area contributed by atoms with Crippen LogP contribution in [0, 0.1) is 6.07 Å². The standard InChI is InChI=1S/C10H5F3N/c11-10(12,13)9-6-5-7-3-1-2-4-8(7)14-9/h1-3,5-6H. The number of nitrogens with zero attached hydrogens (tertiary/aromatic N) is 1. The molecule has 0 saturated carbocycles. The molecule has 71 valence electrons. The highest BCUT2D eigenvalue weighted by Crippen LogP contribution is 2.28. The number of hydrogen-bond donors (Lipinski definition) is 0. The predicted octanol–water partition coefficient (Wildman–Crippen LogP) is 3.05. The number of pyridine rings is 1. The molecule has 1 radical (unpaired) electrons. The molecule has 0 saturated heterocycles. The molecule has 2 aromatic rings. The molecule has 1 nitrogen and oxygen atoms in total. The summed E-state index contributed by atoms with van der Waals surface area (Å²) < 4.78 is 36.7. The molecule has 0 N–H and O–H groups in total. The van der Waals surface area contributed by atoms with Gasteiger partial charge in [-0.2, -0.15) is 13.2 Å². The summed E-state index contributed by atoms with van der Waals surface area (Å²) in [7, 11) is 0. The zero-order valence-electron chi connectivity index (χ0n) is 6.97. The van der Waals surface area contributed by atoms with E-state index in [1.807, 2.05) is 0 Å². The topological polar surface area (TPSA) is 12.9 Å². The molecule has 0 bridgehead atoms. The molecular formula is C10H5F3N. The smallest absolute Gasteiger partial charge is 0.243 e. The van der Waals surface area contributed by atoms with Gasteiger partial charge in [0.05, 0.1) is 5.52 Å². The van der Waals surface area contributed by atoms with Gasteiger partial charge in [-0.15, -0.1) is 0 Å². The summed E-state index contributed by atoms with van der Waals surface area (Å²) in [6, 6.07) is 9.95. The minimum Gasteiger partial charge on any atom is -0.243 e. The minimum atomic E-state index is -4.39. The largest absolute Gasteiger partial charge is 0.433 e. The van der Waals surface area contributed by atoms with Gasteiger partial charge in [0.1, 0.15) is 5.69 Å².